The number of nitrogens with zero attached hydrogens (tertiary/aromatic N) is 2. The molecule has 8 N–H and O–H groups in total. The molecule has 2 aliphatic heterocycles. The van der Waals surface area contributed by atoms with E-state index in [1.807, 2.05) is 30.3 Å². The zero-order valence-electron chi connectivity index (χ0n) is 23.4. The first-order chi connectivity index (χ1) is 18.5. The minimum atomic E-state index is -1.02. The van der Waals surface area contributed by atoms with E-state index in [2.05, 4.69) is 17.9 Å². The van der Waals surface area contributed by atoms with Crippen molar-refractivity contribution >= 4 is 42.4 Å². The summed E-state index contributed by atoms with van der Waals surface area (Å²) in [6.07, 6.45) is 3.35. The molecule has 0 aliphatic carbocycles. The fourth-order valence-electron chi connectivity index (χ4n) is 4.79. The summed E-state index contributed by atoms with van der Waals surface area (Å²) in [7, 11) is 0. The number of amides is 2. The third kappa shape index (κ3) is 10.9. The highest BCUT2D eigenvalue weighted by Crippen LogP contribution is 2.21. The predicted molar refractivity (Wildman–Crippen MR) is 154 cm³/mol. The highest BCUT2D eigenvalue weighted by Gasteiger charge is 2.37. The molecule has 1 aromatic carbocycles. The van der Waals surface area contributed by atoms with Crippen LogP contribution in [0.15, 0.2) is 30.3 Å². The van der Waals surface area contributed by atoms with Gasteiger partial charge in [0, 0.05) is 24.8 Å². The number of rotatable bonds is 11. The third-order valence-electron chi connectivity index (χ3n) is 7.02. The number of carbonyl (C=O) groups excluding carboxylic acids is 2. The van der Waals surface area contributed by atoms with Gasteiger partial charge >= 0.3 is 17.9 Å². The molecule has 0 unspecified atom stereocenters. The van der Waals surface area contributed by atoms with Gasteiger partial charge in [0.05, 0.1) is 6.04 Å². The zero-order chi connectivity index (χ0) is 29.1. The molecule has 5 atom stereocenters. The van der Waals surface area contributed by atoms with Crippen LogP contribution < -0.4 is 5.32 Å². The molecule has 0 saturated carbocycles. The lowest BCUT2D eigenvalue weighted by atomic mass is 10.0. The van der Waals surface area contributed by atoms with Crippen molar-refractivity contribution in [2.45, 2.75) is 76.5 Å². The summed E-state index contributed by atoms with van der Waals surface area (Å²) < 4.78 is 0. The van der Waals surface area contributed by atoms with E-state index in [-0.39, 0.29) is 28.7 Å². The lowest BCUT2D eigenvalue weighted by Gasteiger charge is -2.27. The van der Waals surface area contributed by atoms with Crippen molar-refractivity contribution in [2.24, 2.45) is 5.92 Å². The predicted octanol–water partition coefficient (Wildman–Crippen LogP) is 0.105. The molecule has 14 heteroatoms. The van der Waals surface area contributed by atoms with Gasteiger partial charge in [-0.2, -0.15) is 12.6 Å². The molecule has 2 fully saturated rings. The van der Waals surface area contributed by atoms with Gasteiger partial charge in [0.15, 0.2) is 0 Å². The lowest BCUT2D eigenvalue weighted by Crippen LogP contribution is -2.53. The van der Waals surface area contributed by atoms with Gasteiger partial charge in [-0.15, -0.1) is 0 Å². The zero-order valence-corrected chi connectivity index (χ0v) is 24.3. The number of thiol groups is 1. The second kappa shape index (κ2) is 18.3. The molecule has 232 valence electrons. The summed E-state index contributed by atoms with van der Waals surface area (Å²) >= 11 is 4.03. The first-order valence-corrected chi connectivity index (χ1v) is 13.8. The van der Waals surface area contributed by atoms with E-state index < -0.39 is 42.1 Å². The van der Waals surface area contributed by atoms with Crippen LogP contribution in [0, 0.1) is 5.92 Å². The SMILES string of the molecule is C[C@H](CS)C(=O)N1CCC[C@H]1C(=O)O.C[C@H](N[C@@H](CCc1ccccc1)C(=O)O)C(=O)N1CCC[C@H]1C(=O)O.O.O. The van der Waals surface area contributed by atoms with Gasteiger partial charge in [-0.25, -0.2) is 9.59 Å². The average Bonchev–Trinajstić information content (AvgIpc) is 3.61. The Balaban J connectivity index is 0.000000857. The average molecular weight is 602 g/mol. The van der Waals surface area contributed by atoms with E-state index >= 15 is 0 Å². The number of likely N-dealkylation sites (tertiary alicyclic amines) is 2. The molecule has 0 bridgehead atoms. The Hall–Kier alpha value is -3.20. The molecule has 2 saturated heterocycles. The van der Waals surface area contributed by atoms with E-state index in [1.165, 1.54) is 9.80 Å². The highest BCUT2D eigenvalue weighted by atomic mass is 32.1. The topological polar surface area (TPSA) is 228 Å². The molecule has 0 radical (unpaired) electrons. The summed E-state index contributed by atoms with van der Waals surface area (Å²) in [5.41, 5.74) is 1.03. The van der Waals surface area contributed by atoms with E-state index in [0.717, 1.165) is 12.0 Å². The van der Waals surface area contributed by atoms with Gasteiger partial charge < -0.3 is 36.1 Å². The first-order valence-electron chi connectivity index (χ1n) is 13.2. The summed E-state index contributed by atoms with van der Waals surface area (Å²) in [6, 6.07) is 6.47. The van der Waals surface area contributed by atoms with Gasteiger partial charge in [0.25, 0.3) is 0 Å². The van der Waals surface area contributed by atoms with Crippen LogP contribution in [0.2, 0.25) is 0 Å². The number of nitrogens with one attached hydrogen (secondary N) is 1. The molecule has 2 heterocycles. The fraction of sp³-hybridized carbons (Fsp3) is 0.593. The largest absolute Gasteiger partial charge is 0.480 e. The van der Waals surface area contributed by atoms with E-state index in [9.17, 15) is 34.2 Å². The normalized spacial score (nSPS) is 19.9. The Bertz CT molecular complexity index is 1010. The smallest absolute Gasteiger partial charge is 0.326 e. The van der Waals surface area contributed by atoms with Gasteiger partial charge in [-0.3, -0.25) is 19.7 Å². The molecule has 3 rings (SSSR count). The molecular formula is C27H43N3O10S. The number of aliphatic carboxylic acids is 3. The number of carboxylic acid groups (broad SMARTS) is 3. The third-order valence-corrected chi connectivity index (χ3v) is 7.57. The maximum absolute atomic E-state index is 12.5. The van der Waals surface area contributed by atoms with E-state index in [0.29, 0.717) is 50.9 Å². The Morgan fingerprint density at radius 3 is 1.80 bits per heavy atom. The van der Waals surface area contributed by atoms with Gasteiger partial charge in [0.1, 0.15) is 18.1 Å². The van der Waals surface area contributed by atoms with Crippen molar-refractivity contribution in [1.29, 1.82) is 0 Å². The summed E-state index contributed by atoms with van der Waals surface area (Å²) in [4.78, 5) is 60.5. The second-order valence-electron chi connectivity index (χ2n) is 9.94. The van der Waals surface area contributed by atoms with Crippen LogP contribution in [0.25, 0.3) is 0 Å². The molecular weight excluding hydrogens is 558 g/mol. The molecule has 1 aromatic rings. The molecule has 41 heavy (non-hydrogen) atoms. The number of benzene rings is 1. The number of carboxylic acids is 3. The number of hydrogen-bond acceptors (Lipinski definition) is 7. The van der Waals surface area contributed by atoms with Crippen LogP contribution in [0.1, 0.15) is 51.5 Å². The monoisotopic (exact) mass is 601 g/mol. The van der Waals surface area contributed by atoms with Crippen molar-refractivity contribution in [3.8, 4) is 0 Å². The Labute approximate surface area is 244 Å². The summed E-state index contributed by atoms with van der Waals surface area (Å²) in [6.45, 7) is 4.31. The van der Waals surface area contributed by atoms with Crippen LogP contribution >= 0.6 is 12.6 Å². The molecule has 0 spiro atoms. The minimum absolute atomic E-state index is 0. The summed E-state index contributed by atoms with van der Waals surface area (Å²) in [5.74, 6) is -3.13. The van der Waals surface area contributed by atoms with Gasteiger partial charge in [-0.1, -0.05) is 37.3 Å². The quantitative estimate of drug-likeness (QED) is 0.216. The second-order valence-corrected chi connectivity index (χ2v) is 10.3. The van der Waals surface area contributed by atoms with Crippen molar-refractivity contribution in [3.05, 3.63) is 35.9 Å². The molecule has 13 nitrogen and oxygen atoms in total. The number of aryl methyl sites for hydroxylation is 1. The maximum atomic E-state index is 12.5. The van der Waals surface area contributed by atoms with Crippen LogP contribution in [-0.4, -0.2) is 109 Å². The fourth-order valence-corrected chi connectivity index (χ4v) is 4.95. The van der Waals surface area contributed by atoms with Crippen LogP contribution in [-0.2, 0) is 30.4 Å². The first kappa shape index (κ1) is 37.8. The van der Waals surface area contributed by atoms with Crippen LogP contribution in [0.4, 0.5) is 0 Å². The molecule has 2 aliphatic rings. The Morgan fingerprint density at radius 2 is 1.37 bits per heavy atom. The van der Waals surface area contributed by atoms with Gasteiger partial charge in [-0.05, 0) is 51.0 Å². The van der Waals surface area contributed by atoms with Crippen molar-refractivity contribution in [1.82, 2.24) is 15.1 Å². The van der Waals surface area contributed by atoms with E-state index in [1.54, 1.807) is 13.8 Å². The van der Waals surface area contributed by atoms with Crippen LogP contribution in [0.3, 0.4) is 0 Å². The van der Waals surface area contributed by atoms with E-state index in [4.69, 9.17) is 5.11 Å². The minimum Gasteiger partial charge on any atom is -0.480 e. The number of carbonyl (C=O) groups is 5. The maximum Gasteiger partial charge on any atom is 0.326 e. The Morgan fingerprint density at radius 1 is 0.878 bits per heavy atom. The highest BCUT2D eigenvalue weighted by molar-refractivity contribution is 7.80. The van der Waals surface area contributed by atoms with Crippen LogP contribution in [0.5, 0.6) is 0 Å². The van der Waals surface area contributed by atoms with Gasteiger partial charge in [0.2, 0.25) is 11.8 Å². The lowest BCUT2D eigenvalue weighted by molar-refractivity contribution is -0.149. The molecule has 2 amide bonds. The van der Waals surface area contributed by atoms with Crippen molar-refractivity contribution in [2.75, 3.05) is 18.8 Å². The standard InChI is InChI=1S/C18H24N2O5.C9H15NO3S.2H2O/c1-12(16(21)20-11-5-8-15(20)18(24)25)19-14(17(22)23)10-9-13-6-3-2-4-7-13;1-6(5-14)8(11)10-4-2-3-7(10)9(12)13;;/h2-4,6-7,12,14-15,19H,5,8-11H2,1H3,(H,22,23)(H,24,25);6-7,14H,2-5H2,1H3,(H,12,13);2*1H2/t12-,14-,15-;6-,7+;;/m01../s1. The Kier molecular flexibility index (Phi) is 16.8. The van der Waals surface area contributed by atoms with Crippen molar-refractivity contribution < 1.29 is 50.2 Å². The molecule has 0 aromatic heterocycles. The number of hydrogen-bond donors (Lipinski definition) is 5. The summed E-state index contributed by atoms with van der Waals surface area (Å²) in [5, 5.41) is 30.3. The van der Waals surface area contributed by atoms with Crippen molar-refractivity contribution in [3.63, 3.8) is 0 Å².